The second-order valence-corrected chi connectivity index (χ2v) is 7.78. The Morgan fingerprint density at radius 2 is 1.59 bits per heavy atom. The molecule has 0 atom stereocenters. The summed E-state index contributed by atoms with van der Waals surface area (Å²) in [6, 6.07) is 17.1. The molecular formula is C24H26N2O3. The zero-order chi connectivity index (χ0) is 20.4. The smallest absolute Gasteiger partial charge is 0.278 e. The number of likely N-dealkylation sites (tertiary alicyclic amines) is 1. The summed E-state index contributed by atoms with van der Waals surface area (Å²) in [6.45, 7) is 4.07. The number of hydrogen-bond acceptors (Lipinski definition) is 4. The molecule has 0 aliphatic carbocycles. The summed E-state index contributed by atoms with van der Waals surface area (Å²) in [5.41, 5.74) is 2.58. The van der Waals surface area contributed by atoms with Crippen LogP contribution in [-0.2, 0) is 16.1 Å². The van der Waals surface area contributed by atoms with Crippen LogP contribution in [0.25, 0.3) is 5.57 Å². The van der Waals surface area contributed by atoms with Gasteiger partial charge in [-0.3, -0.25) is 14.5 Å². The van der Waals surface area contributed by atoms with Crippen molar-refractivity contribution < 1.29 is 14.3 Å². The number of methoxy groups -OCH3 is 1. The SMILES string of the molecule is COc1ccccc1C1=C(N2CCC(C)CC2)C(=O)N(Cc2ccccc2)C1=O. The minimum atomic E-state index is -0.253. The van der Waals surface area contributed by atoms with Crippen molar-refractivity contribution in [1.82, 2.24) is 9.80 Å². The lowest BCUT2D eigenvalue weighted by molar-refractivity contribution is -0.138. The lowest BCUT2D eigenvalue weighted by Crippen LogP contribution is -2.38. The van der Waals surface area contributed by atoms with Gasteiger partial charge in [0.05, 0.1) is 19.2 Å². The van der Waals surface area contributed by atoms with Gasteiger partial charge in [-0.15, -0.1) is 0 Å². The van der Waals surface area contributed by atoms with E-state index < -0.39 is 0 Å². The van der Waals surface area contributed by atoms with Crippen molar-refractivity contribution in [2.24, 2.45) is 5.92 Å². The fraction of sp³-hybridized carbons (Fsp3) is 0.333. The molecule has 0 unspecified atom stereocenters. The lowest BCUT2D eigenvalue weighted by Gasteiger charge is -2.32. The summed E-state index contributed by atoms with van der Waals surface area (Å²) in [6.07, 6.45) is 2.03. The van der Waals surface area contributed by atoms with Crippen molar-refractivity contribution in [2.45, 2.75) is 26.3 Å². The fourth-order valence-corrected chi connectivity index (χ4v) is 4.09. The molecule has 0 radical (unpaired) electrons. The summed E-state index contributed by atoms with van der Waals surface area (Å²) < 4.78 is 5.51. The van der Waals surface area contributed by atoms with Crippen LogP contribution in [-0.4, -0.2) is 41.8 Å². The molecule has 1 saturated heterocycles. The highest BCUT2D eigenvalue weighted by Gasteiger charge is 2.42. The first-order valence-electron chi connectivity index (χ1n) is 10.1. The maximum atomic E-state index is 13.5. The number of piperidine rings is 1. The summed E-state index contributed by atoms with van der Waals surface area (Å²) in [7, 11) is 1.59. The van der Waals surface area contributed by atoms with E-state index in [4.69, 9.17) is 4.74 Å². The number of ether oxygens (including phenoxy) is 1. The fourth-order valence-electron chi connectivity index (χ4n) is 4.09. The van der Waals surface area contributed by atoms with E-state index in [-0.39, 0.29) is 18.4 Å². The van der Waals surface area contributed by atoms with Crippen LogP contribution in [0.5, 0.6) is 5.75 Å². The zero-order valence-electron chi connectivity index (χ0n) is 16.9. The number of rotatable bonds is 5. The molecular weight excluding hydrogens is 364 g/mol. The van der Waals surface area contributed by atoms with Gasteiger partial charge in [0.25, 0.3) is 11.8 Å². The van der Waals surface area contributed by atoms with Crippen LogP contribution in [0.4, 0.5) is 0 Å². The molecule has 2 aromatic carbocycles. The molecule has 2 aliphatic heterocycles. The van der Waals surface area contributed by atoms with Crippen molar-refractivity contribution in [3.8, 4) is 5.75 Å². The first-order valence-corrected chi connectivity index (χ1v) is 10.1. The van der Waals surface area contributed by atoms with Gasteiger partial charge in [0.1, 0.15) is 11.4 Å². The molecule has 2 heterocycles. The molecule has 29 heavy (non-hydrogen) atoms. The first kappa shape index (κ1) is 19.2. The minimum absolute atomic E-state index is 0.214. The quantitative estimate of drug-likeness (QED) is 0.731. The van der Waals surface area contributed by atoms with E-state index in [0.29, 0.717) is 28.5 Å². The second kappa shape index (κ2) is 8.11. The van der Waals surface area contributed by atoms with Gasteiger partial charge in [0.15, 0.2) is 0 Å². The number of nitrogens with zero attached hydrogens (tertiary/aromatic N) is 2. The highest BCUT2D eigenvalue weighted by atomic mass is 16.5. The van der Waals surface area contributed by atoms with E-state index >= 15 is 0 Å². The molecule has 2 amide bonds. The summed E-state index contributed by atoms with van der Waals surface area (Å²) in [5, 5.41) is 0. The average Bonchev–Trinajstić information content (AvgIpc) is 2.99. The van der Waals surface area contributed by atoms with Gasteiger partial charge in [0.2, 0.25) is 0 Å². The van der Waals surface area contributed by atoms with Crippen molar-refractivity contribution in [3.63, 3.8) is 0 Å². The molecule has 4 rings (SSSR count). The standard InChI is InChI=1S/C24H26N2O3/c1-17-12-14-25(15-13-17)22-21(19-10-6-7-11-20(19)29-2)23(27)26(24(22)28)16-18-8-4-3-5-9-18/h3-11,17H,12-16H2,1-2H3. The average molecular weight is 390 g/mol. The Bertz CT molecular complexity index is 944. The maximum absolute atomic E-state index is 13.5. The Kier molecular flexibility index (Phi) is 5.38. The largest absolute Gasteiger partial charge is 0.496 e. The lowest BCUT2D eigenvalue weighted by atomic mass is 9.97. The Hall–Kier alpha value is -3.08. The molecule has 2 aliphatic rings. The number of benzene rings is 2. The van der Waals surface area contributed by atoms with Crippen LogP contribution < -0.4 is 4.74 Å². The van der Waals surface area contributed by atoms with Gasteiger partial charge in [-0.25, -0.2) is 0 Å². The highest BCUT2D eigenvalue weighted by molar-refractivity contribution is 6.35. The van der Waals surface area contributed by atoms with Crippen LogP contribution in [0.1, 0.15) is 30.9 Å². The number of carbonyl (C=O) groups is 2. The summed E-state index contributed by atoms with van der Waals surface area (Å²) >= 11 is 0. The highest BCUT2D eigenvalue weighted by Crippen LogP contribution is 2.38. The molecule has 2 aromatic rings. The van der Waals surface area contributed by atoms with E-state index in [9.17, 15) is 9.59 Å². The van der Waals surface area contributed by atoms with E-state index in [1.807, 2.05) is 54.6 Å². The summed E-state index contributed by atoms with van der Waals surface area (Å²) in [5.74, 6) is 0.772. The maximum Gasteiger partial charge on any atom is 0.278 e. The minimum Gasteiger partial charge on any atom is -0.496 e. The second-order valence-electron chi connectivity index (χ2n) is 7.78. The Morgan fingerprint density at radius 1 is 0.931 bits per heavy atom. The Morgan fingerprint density at radius 3 is 2.28 bits per heavy atom. The van der Waals surface area contributed by atoms with E-state index in [0.717, 1.165) is 31.5 Å². The van der Waals surface area contributed by atoms with Crippen LogP contribution in [0.15, 0.2) is 60.3 Å². The van der Waals surface area contributed by atoms with E-state index in [2.05, 4.69) is 11.8 Å². The third-order valence-corrected chi connectivity index (χ3v) is 5.80. The monoisotopic (exact) mass is 390 g/mol. The number of imide groups is 1. The van der Waals surface area contributed by atoms with Gasteiger partial charge in [-0.1, -0.05) is 55.5 Å². The molecule has 150 valence electrons. The molecule has 0 N–H and O–H groups in total. The molecule has 5 nitrogen and oxygen atoms in total. The van der Waals surface area contributed by atoms with Gasteiger partial charge in [-0.2, -0.15) is 0 Å². The Balaban J connectivity index is 1.77. The van der Waals surface area contributed by atoms with Gasteiger partial charge >= 0.3 is 0 Å². The topological polar surface area (TPSA) is 49.9 Å². The van der Waals surface area contributed by atoms with Gasteiger partial charge in [0, 0.05) is 18.7 Å². The number of carbonyl (C=O) groups excluding carboxylic acids is 2. The number of hydrogen-bond donors (Lipinski definition) is 0. The van der Waals surface area contributed by atoms with Crippen molar-refractivity contribution in [3.05, 3.63) is 71.4 Å². The molecule has 1 fully saturated rings. The predicted octanol–water partition coefficient (Wildman–Crippen LogP) is 3.71. The van der Waals surface area contributed by atoms with Crippen molar-refractivity contribution in [1.29, 1.82) is 0 Å². The van der Waals surface area contributed by atoms with E-state index in [1.54, 1.807) is 7.11 Å². The number of amides is 2. The molecule has 0 bridgehead atoms. The van der Waals surface area contributed by atoms with Crippen molar-refractivity contribution >= 4 is 17.4 Å². The van der Waals surface area contributed by atoms with Crippen LogP contribution in [0.3, 0.4) is 0 Å². The normalized spacial score (nSPS) is 18.0. The third-order valence-electron chi connectivity index (χ3n) is 5.80. The zero-order valence-corrected chi connectivity index (χ0v) is 16.9. The van der Waals surface area contributed by atoms with Crippen LogP contribution >= 0.6 is 0 Å². The summed E-state index contributed by atoms with van der Waals surface area (Å²) in [4.78, 5) is 30.4. The molecule has 0 aromatic heterocycles. The number of para-hydroxylation sites is 1. The predicted molar refractivity (Wildman–Crippen MR) is 112 cm³/mol. The first-order chi connectivity index (χ1) is 14.1. The van der Waals surface area contributed by atoms with Crippen LogP contribution in [0, 0.1) is 5.92 Å². The molecule has 0 saturated carbocycles. The van der Waals surface area contributed by atoms with Gasteiger partial charge in [-0.05, 0) is 30.4 Å². The Labute approximate surface area is 171 Å². The third kappa shape index (κ3) is 3.65. The van der Waals surface area contributed by atoms with Crippen LogP contribution in [0.2, 0.25) is 0 Å². The van der Waals surface area contributed by atoms with Crippen molar-refractivity contribution in [2.75, 3.05) is 20.2 Å². The molecule has 0 spiro atoms. The van der Waals surface area contributed by atoms with E-state index in [1.165, 1.54) is 4.90 Å². The van der Waals surface area contributed by atoms with Gasteiger partial charge < -0.3 is 9.64 Å². The molecule has 5 heteroatoms.